The summed E-state index contributed by atoms with van der Waals surface area (Å²) in [4.78, 5) is 46.2. The Bertz CT molecular complexity index is 1720. The van der Waals surface area contributed by atoms with Crippen LogP contribution in [-0.2, 0) is 0 Å². The standard InChI is InChI=1S/C35H26ClNO4/c1-2-41-28-14-8-6-12-26(28)30-31(32(38)22-15-18-23(36)19-16-22)37-27-13-7-3-9-21(27)17-20-29(37)35(30)33(39)24-10-4-5-11-25(24)34(35)40/h3-20,29-31H,2H2,1H3/t29-,30+,31-/m1/s1. The molecule has 41 heavy (non-hydrogen) atoms. The van der Waals surface area contributed by atoms with Crippen LogP contribution in [-0.4, -0.2) is 36.0 Å². The molecule has 1 fully saturated rings. The lowest BCUT2D eigenvalue weighted by Crippen LogP contribution is -2.48. The third-order valence-corrected chi connectivity index (χ3v) is 8.92. The van der Waals surface area contributed by atoms with Crippen molar-refractivity contribution in [3.8, 4) is 5.75 Å². The maximum Gasteiger partial charge on any atom is 0.185 e. The molecule has 5 nitrogen and oxygen atoms in total. The Morgan fingerprint density at radius 1 is 0.854 bits per heavy atom. The van der Waals surface area contributed by atoms with Crippen LogP contribution in [0.3, 0.4) is 0 Å². The van der Waals surface area contributed by atoms with Crippen molar-refractivity contribution < 1.29 is 19.1 Å². The van der Waals surface area contributed by atoms with Crippen LogP contribution in [0.15, 0.2) is 103 Å². The molecule has 7 rings (SSSR count). The first-order chi connectivity index (χ1) is 20.0. The van der Waals surface area contributed by atoms with Crippen LogP contribution in [0.2, 0.25) is 5.02 Å². The van der Waals surface area contributed by atoms with Crippen molar-refractivity contribution in [1.29, 1.82) is 0 Å². The Balaban J connectivity index is 1.56. The van der Waals surface area contributed by atoms with Crippen LogP contribution < -0.4 is 9.64 Å². The fourth-order valence-corrected chi connectivity index (χ4v) is 7.20. The van der Waals surface area contributed by atoms with Crippen LogP contribution in [0.1, 0.15) is 55.0 Å². The topological polar surface area (TPSA) is 63.7 Å². The highest BCUT2D eigenvalue weighted by Gasteiger charge is 2.71. The summed E-state index contributed by atoms with van der Waals surface area (Å²) >= 11 is 6.19. The van der Waals surface area contributed by atoms with Gasteiger partial charge in [-0.3, -0.25) is 14.4 Å². The third kappa shape index (κ3) is 3.52. The van der Waals surface area contributed by atoms with E-state index in [0.717, 1.165) is 11.3 Å². The number of hydrogen-bond acceptors (Lipinski definition) is 5. The highest BCUT2D eigenvalue weighted by atomic mass is 35.5. The maximum absolute atomic E-state index is 14.7. The molecule has 4 aromatic rings. The van der Waals surface area contributed by atoms with Gasteiger partial charge in [-0.05, 0) is 48.9 Å². The molecule has 1 aliphatic carbocycles. The van der Waals surface area contributed by atoms with Gasteiger partial charge >= 0.3 is 0 Å². The van der Waals surface area contributed by atoms with Gasteiger partial charge in [0.2, 0.25) is 0 Å². The molecule has 4 aromatic carbocycles. The second-order valence-electron chi connectivity index (χ2n) is 10.6. The first-order valence-electron chi connectivity index (χ1n) is 13.7. The van der Waals surface area contributed by atoms with Gasteiger partial charge in [-0.25, -0.2) is 0 Å². The van der Waals surface area contributed by atoms with Crippen LogP contribution in [0, 0.1) is 5.41 Å². The number of carbonyl (C=O) groups is 3. The van der Waals surface area contributed by atoms with E-state index in [4.69, 9.17) is 16.3 Å². The van der Waals surface area contributed by atoms with Gasteiger partial charge in [-0.1, -0.05) is 84.4 Å². The number of carbonyl (C=O) groups excluding carboxylic acids is 3. The monoisotopic (exact) mass is 559 g/mol. The van der Waals surface area contributed by atoms with Gasteiger partial charge in [0.15, 0.2) is 17.3 Å². The Labute approximate surface area is 243 Å². The number of ether oxygens (including phenoxy) is 1. The van der Waals surface area contributed by atoms with E-state index in [-0.39, 0.29) is 17.3 Å². The normalized spacial score (nSPS) is 21.5. The number of halogens is 1. The minimum Gasteiger partial charge on any atom is -0.494 e. The summed E-state index contributed by atoms with van der Waals surface area (Å²) in [6, 6.07) is 27.5. The molecule has 0 N–H and O–H groups in total. The fraction of sp³-hybridized carbons (Fsp3) is 0.171. The van der Waals surface area contributed by atoms with Crippen molar-refractivity contribution in [3.63, 3.8) is 0 Å². The Hall–Kier alpha value is -4.48. The van der Waals surface area contributed by atoms with Gasteiger partial charge in [-0.15, -0.1) is 0 Å². The highest BCUT2D eigenvalue weighted by Crippen LogP contribution is 2.61. The fourth-order valence-electron chi connectivity index (χ4n) is 7.07. The average Bonchev–Trinajstić information content (AvgIpc) is 3.44. The molecule has 6 heteroatoms. The molecule has 0 amide bonds. The average molecular weight is 560 g/mol. The molecular weight excluding hydrogens is 534 g/mol. The molecule has 2 aliphatic heterocycles. The second kappa shape index (κ2) is 9.57. The third-order valence-electron chi connectivity index (χ3n) is 8.66. The van der Waals surface area contributed by atoms with Gasteiger partial charge in [0.1, 0.15) is 17.2 Å². The molecule has 0 unspecified atom stereocenters. The number of ketones is 3. The summed E-state index contributed by atoms with van der Waals surface area (Å²) in [5.74, 6) is -0.996. The SMILES string of the molecule is CCOc1ccccc1[C@H]1[C@H](C(=O)c2ccc(Cl)cc2)N2c3ccccc3C=C[C@@H]2C12C(=O)c1ccccc1C2=O. The van der Waals surface area contributed by atoms with Crippen molar-refractivity contribution in [2.24, 2.45) is 5.41 Å². The lowest BCUT2D eigenvalue weighted by Gasteiger charge is -2.37. The molecule has 0 aromatic heterocycles. The quantitative estimate of drug-likeness (QED) is 0.193. The Kier molecular flexibility index (Phi) is 5.95. The number of hydrogen-bond donors (Lipinski definition) is 0. The zero-order chi connectivity index (χ0) is 28.3. The maximum atomic E-state index is 14.7. The molecule has 0 bridgehead atoms. The predicted molar refractivity (Wildman–Crippen MR) is 159 cm³/mol. The van der Waals surface area contributed by atoms with E-state index in [1.54, 1.807) is 48.5 Å². The van der Waals surface area contributed by atoms with Crippen LogP contribution in [0.25, 0.3) is 6.08 Å². The molecule has 0 saturated carbocycles. The summed E-state index contributed by atoms with van der Waals surface area (Å²) in [6.07, 6.45) is 3.89. The lowest BCUT2D eigenvalue weighted by atomic mass is 9.64. The number of fused-ring (bicyclic) bond motifs is 5. The lowest BCUT2D eigenvalue weighted by molar-refractivity contribution is 0.0664. The summed E-state index contributed by atoms with van der Waals surface area (Å²) in [5, 5.41) is 0.517. The van der Waals surface area contributed by atoms with E-state index < -0.39 is 23.4 Å². The van der Waals surface area contributed by atoms with E-state index >= 15 is 0 Å². The molecule has 3 aliphatic rings. The largest absolute Gasteiger partial charge is 0.494 e. The van der Waals surface area contributed by atoms with E-state index in [1.807, 2.05) is 72.5 Å². The van der Waals surface area contributed by atoms with Gasteiger partial charge in [0, 0.05) is 38.9 Å². The second-order valence-corrected chi connectivity index (χ2v) is 11.0. The van der Waals surface area contributed by atoms with Crippen molar-refractivity contribution in [2.75, 3.05) is 11.5 Å². The molecule has 1 spiro atoms. The molecule has 0 radical (unpaired) electrons. The van der Waals surface area contributed by atoms with Crippen molar-refractivity contribution >= 4 is 40.7 Å². The van der Waals surface area contributed by atoms with E-state index in [1.165, 1.54) is 0 Å². The van der Waals surface area contributed by atoms with Crippen molar-refractivity contribution in [3.05, 3.63) is 136 Å². The predicted octanol–water partition coefficient (Wildman–Crippen LogP) is 7.06. The number of nitrogens with zero attached hydrogens (tertiary/aromatic N) is 1. The molecule has 202 valence electrons. The minimum absolute atomic E-state index is 0.193. The molecule has 1 saturated heterocycles. The first-order valence-corrected chi connectivity index (χ1v) is 14.1. The number of anilines is 1. The zero-order valence-corrected chi connectivity index (χ0v) is 23.0. The van der Waals surface area contributed by atoms with Crippen LogP contribution in [0.4, 0.5) is 5.69 Å². The number of para-hydroxylation sites is 2. The van der Waals surface area contributed by atoms with Gasteiger partial charge in [0.25, 0.3) is 0 Å². The smallest absolute Gasteiger partial charge is 0.185 e. The summed E-state index contributed by atoms with van der Waals surface area (Å²) in [6.45, 7) is 2.28. The Morgan fingerprint density at radius 2 is 1.49 bits per heavy atom. The molecular formula is C35H26ClNO4. The van der Waals surface area contributed by atoms with E-state index in [9.17, 15) is 14.4 Å². The highest BCUT2D eigenvalue weighted by molar-refractivity contribution is 6.32. The summed E-state index contributed by atoms with van der Waals surface area (Å²) in [7, 11) is 0. The molecule has 3 atom stereocenters. The van der Waals surface area contributed by atoms with Crippen LogP contribution >= 0.6 is 11.6 Å². The first kappa shape index (κ1) is 25.5. The summed E-state index contributed by atoms with van der Waals surface area (Å²) in [5.41, 5.74) is 2.05. The van der Waals surface area contributed by atoms with Crippen LogP contribution in [0.5, 0.6) is 5.75 Å². The Morgan fingerprint density at radius 3 is 2.20 bits per heavy atom. The minimum atomic E-state index is -1.58. The number of rotatable bonds is 5. The van der Waals surface area contributed by atoms with Gasteiger partial charge in [0.05, 0.1) is 12.6 Å². The van der Waals surface area contributed by atoms with Crippen molar-refractivity contribution in [2.45, 2.75) is 24.9 Å². The van der Waals surface area contributed by atoms with Crippen molar-refractivity contribution in [1.82, 2.24) is 0 Å². The summed E-state index contributed by atoms with van der Waals surface area (Å²) < 4.78 is 6.08. The number of benzene rings is 4. The van der Waals surface area contributed by atoms with E-state index in [0.29, 0.717) is 39.6 Å². The molecule has 2 heterocycles. The van der Waals surface area contributed by atoms with E-state index in [2.05, 4.69) is 0 Å². The van der Waals surface area contributed by atoms with Gasteiger partial charge in [-0.2, -0.15) is 0 Å². The van der Waals surface area contributed by atoms with Gasteiger partial charge < -0.3 is 9.64 Å². The zero-order valence-electron chi connectivity index (χ0n) is 22.3. The number of Topliss-reactive ketones (excluding diaryl/α,β-unsaturated/α-hetero) is 3.